The molecule has 0 bridgehead atoms. The predicted molar refractivity (Wildman–Crippen MR) is 157 cm³/mol. The first-order valence-corrected chi connectivity index (χ1v) is 13.5. The van der Waals surface area contributed by atoms with Crippen molar-refractivity contribution < 1.29 is 0 Å². The van der Waals surface area contributed by atoms with Crippen molar-refractivity contribution in [3.8, 4) is 33.4 Å². The van der Waals surface area contributed by atoms with Gasteiger partial charge in [-0.25, -0.2) is 0 Å². The van der Waals surface area contributed by atoms with Crippen molar-refractivity contribution in [1.29, 1.82) is 0 Å². The molecule has 0 saturated heterocycles. The van der Waals surface area contributed by atoms with Crippen molar-refractivity contribution in [3.63, 3.8) is 0 Å². The fourth-order valence-electron chi connectivity index (χ4n) is 6.59. The largest absolute Gasteiger partial charge is 0.0843 e. The molecule has 7 rings (SSSR count). The SMILES string of the molecule is CC(C)(C)c1cc(-c2cc(Cl)cc(Cl)c2)c2c(c1)C1(c3ccccc3-c3ccccc31)c1ccccc1-2. The van der Waals surface area contributed by atoms with Crippen LogP contribution in [0, 0.1) is 0 Å². The zero-order valence-electron chi connectivity index (χ0n) is 21.1. The molecule has 0 amide bonds. The highest BCUT2D eigenvalue weighted by molar-refractivity contribution is 6.35. The van der Waals surface area contributed by atoms with E-state index in [1.807, 2.05) is 12.1 Å². The Morgan fingerprint density at radius 1 is 0.514 bits per heavy atom. The quantitative estimate of drug-likeness (QED) is 0.203. The first-order valence-electron chi connectivity index (χ1n) is 12.7. The van der Waals surface area contributed by atoms with Crippen LogP contribution >= 0.6 is 23.2 Å². The van der Waals surface area contributed by atoms with Gasteiger partial charge in [0.1, 0.15) is 0 Å². The summed E-state index contributed by atoms with van der Waals surface area (Å²) in [6, 6.07) is 37.5. The zero-order chi connectivity index (χ0) is 25.5. The van der Waals surface area contributed by atoms with Gasteiger partial charge >= 0.3 is 0 Å². The minimum absolute atomic E-state index is 0.0419. The molecule has 2 aliphatic rings. The number of hydrogen-bond acceptors (Lipinski definition) is 0. The molecule has 5 aromatic rings. The lowest BCUT2D eigenvalue weighted by Crippen LogP contribution is -2.26. The van der Waals surface area contributed by atoms with E-state index in [2.05, 4.69) is 106 Å². The Balaban J connectivity index is 1.70. The number of hydrogen-bond donors (Lipinski definition) is 0. The summed E-state index contributed by atoms with van der Waals surface area (Å²) in [4.78, 5) is 0. The molecule has 5 aromatic carbocycles. The van der Waals surface area contributed by atoms with E-state index in [-0.39, 0.29) is 10.8 Å². The van der Waals surface area contributed by atoms with E-state index < -0.39 is 0 Å². The standard InChI is InChI=1S/C35H26Cl2/c1-34(2,3)22-18-28(21-16-23(36)20-24(37)17-21)33-27-12-6-9-15-31(27)35(32(33)19-22)29-13-7-4-10-25(29)26-11-5-8-14-30(26)35/h4-20H,1-3H3. The van der Waals surface area contributed by atoms with E-state index in [1.54, 1.807) is 6.07 Å². The Labute approximate surface area is 228 Å². The second-order valence-corrected chi connectivity index (χ2v) is 12.1. The molecule has 0 radical (unpaired) electrons. The van der Waals surface area contributed by atoms with Crippen molar-refractivity contribution in [1.82, 2.24) is 0 Å². The van der Waals surface area contributed by atoms with Gasteiger partial charge in [0, 0.05) is 10.0 Å². The summed E-state index contributed by atoms with van der Waals surface area (Å²) in [6.45, 7) is 6.86. The highest BCUT2D eigenvalue weighted by atomic mass is 35.5. The van der Waals surface area contributed by atoms with Crippen LogP contribution in [0.5, 0.6) is 0 Å². The van der Waals surface area contributed by atoms with Crippen molar-refractivity contribution in [3.05, 3.63) is 141 Å². The molecule has 0 atom stereocenters. The first kappa shape index (κ1) is 22.8. The highest BCUT2D eigenvalue weighted by Gasteiger charge is 2.52. The third-order valence-corrected chi connectivity index (χ3v) is 8.57. The van der Waals surface area contributed by atoms with Crippen molar-refractivity contribution >= 4 is 23.2 Å². The Morgan fingerprint density at radius 3 is 1.54 bits per heavy atom. The third kappa shape index (κ3) is 3.10. The molecule has 0 fully saturated rings. The average Bonchev–Trinajstić information content (AvgIpc) is 3.35. The molecule has 180 valence electrons. The predicted octanol–water partition coefficient (Wildman–Crippen LogP) is 10.3. The van der Waals surface area contributed by atoms with Gasteiger partial charge in [0.2, 0.25) is 0 Å². The van der Waals surface area contributed by atoms with Gasteiger partial charge in [-0.05, 0) is 90.9 Å². The molecule has 1 spiro atoms. The van der Waals surface area contributed by atoms with Crippen LogP contribution in [0.3, 0.4) is 0 Å². The van der Waals surface area contributed by atoms with E-state index in [1.165, 1.54) is 55.6 Å². The van der Waals surface area contributed by atoms with Gasteiger partial charge in [-0.3, -0.25) is 0 Å². The Bertz CT molecular complexity index is 1670. The van der Waals surface area contributed by atoms with Crippen molar-refractivity contribution in [2.75, 3.05) is 0 Å². The fraction of sp³-hybridized carbons (Fsp3) is 0.143. The molecule has 0 unspecified atom stereocenters. The third-order valence-electron chi connectivity index (χ3n) is 8.13. The van der Waals surface area contributed by atoms with Crippen LogP contribution in [0.1, 0.15) is 48.6 Å². The molecule has 0 N–H and O–H groups in total. The fourth-order valence-corrected chi connectivity index (χ4v) is 7.11. The minimum Gasteiger partial charge on any atom is -0.0843 e. The maximum absolute atomic E-state index is 6.55. The van der Waals surface area contributed by atoms with Crippen LogP contribution < -0.4 is 0 Å². The van der Waals surface area contributed by atoms with Crippen LogP contribution in [-0.4, -0.2) is 0 Å². The molecule has 0 heterocycles. The number of rotatable bonds is 1. The normalized spacial score (nSPS) is 14.3. The zero-order valence-corrected chi connectivity index (χ0v) is 22.6. The van der Waals surface area contributed by atoms with E-state index in [9.17, 15) is 0 Å². The van der Waals surface area contributed by atoms with Gasteiger partial charge in [-0.1, -0.05) is 123 Å². The van der Waals surface area contributed by atoms with Crippen LogP contribution in [0.25, 0.3) is 33.4 Å². The molecule has 0 aromatic heterocycles. The second-order valence-electron chi connectivity index (χ2n) is 11.2. The minimum atomic E-state index is -0.377. The van der Waals surface area contributed by atoms with Crippen LogP contribution in [-0.2, 0) is 10.8 Å². The summed E-state index contributed by atoms with van der Waals surface area (Å²) in [5.41, 5.74) is 13.7. The molecule has 0 nitrogen and oxygen atoms in total. The maximum atomic E-state index is 6.55. The van der Waals surface area contributed by atoms with Crippen LogP contribution in [0.15, 0.2) is 103 Å². The molecule has 0 aliphatic heterocycles. The van der Waals surface area contributed by atoms with Gasteiger partial charge in [0.25, 0.3) is 0 Å². The van der Waals surface area contributed by atoms with Gasteiger partial charge in [0.05, 0.1) is 5.41 Å². The molecule has 37 heavy (non-hydrogen) atoms. The monoisotopic (exact) mass is 516 g/mol. The lowest BCUT2D eigenvalue weighted by molar-refractivity contribution is 0.588. The topological polar surface area (TPSA) is 0 Å². The number of benzene rings is 5. The average molecular weight is 517 g/mol. The maximum Gasteiger partial charge on any atom is 0.0725 e. The summed E-state index contributed by atoms with van der Waals surface area (Å²) < 4.78 is 0. The van der Waals surface area contributed by atoms with E-state index >= 15 is 0 Å². The van der Waals surface area contributed by atoms with Gasteiger partial charge < -0.3 is 0 Å². The smallest absolute Gasteiger partial charge is 0.0725 e. The van der Waals surface area contributed by atoms with Crippen LogP contribution in [0.2, 0.25) is 10.0 Å². The number of halogens is 2. The lowest BCUT2D eigenvalue weighted by atomic mass is 9.69. The molecule has 2 heteroatoms. The molecule has 2 aliphatic carbocycles. The van der Waals surface area contributed by atoms with Crippen LogP contribution in [0.4, 0.5) is 0 Å². The van der Waals surface area contributed by atoms with Crippen molar-refractivity contribution in [2.24, 2.45) is 0 Å². The Morgan fingerprint density at radius 2 is 1.00 bits per heavy atom. The van der Waals surface area contributed by atoms with Gasteiger partial charge in [-0.15, -0.1) is 0 Å². The molecular formula is C35H26Cl2. The summed E-state index contributed by atoms with van der Waals surface area (Å²) in [5.74, 6) is 0. The Kier molecular flexibility index (Phi) is 4.84. The first-order chi connectivity index (χ1) is 17.8. The molecule has 0 saturated carbocycles. The van der Waals surface area contributed by atoms with E-state index in [0.717, 1.165) is 5.56 Å². The van der Waals surface area contributed by atoms with E-state index in [4.69, 9.17) is 23.2 Å². The van der Waals surface area contributed by atoms with Gasteiger partial charge in [-0.2, -0.15) is 0 Å². The summed E-state index contributed by atoms with van der Waals surface area (Å²) in [7, 11) is 0. The highest BCUT2D eigenvalue weighted by Crippen LogP contribution is 2.64. The van der Waals surface area contributed by atoms with Gasteiger partial charge in [0.15, 0.2) is 0 Å². The second kappa shape index (κ2) is 7.84. The molecular weight excluding hydrogens is 491 g/mol. The lowest BCUT2D eigenvalue weighted by Gasteiger charge is -2.32. The summed E-state index contributed by atoms with van der Waals surface area (Å²) in [6.07, 6.45) is 0. The summed E-state index contributed by atoms with van der Waals surface area (Å²) in [5, 5.41) is 1.30. The number of fused-ring (bicyclic) bond motifs is 10. The van der Waals surface area contributed by atoms with E-state index in [0.29, 0.717) is 10.0 Å². The Hall–Kier alpha value is -3.32. The van der Waals surface area contributed by atoms with Crippen molar-refractivity contribution in [2.45, 2.75) is 31.6 Å². The summed E-state index contributed by atoms with van der Waals surface area (Å²) >= 11 is 13.1.